The van der Waals surface area contributed by atoms with Crippen LogP contribution in [0, 0.1) is 5.82 Å². The van der Waals surface area contributed by atoms with Crippen molar-refractivity contribution in [2.45, 2.75) is 0 Å². The Morgan fingerprint density at radius 1 is 1.21 bits per heavy atom. The average molecular weight is 215 g/mol. The van der Waals surface area contributed by atoms with Crippen molar-refractivity contribution in [1.82, 2.24) is 9.97 Å². The third-order valence-electron chi connectivity index (χ3n) is 1.77. The minimum Gasteiger partial charge on any atom is -0.305 e. The molecule has 72 valence electrons. The fraction of sp³-hybridized carbons (Fsp3) is 0. The zero-order valence-corrected chi connectivity index (χ0v) is 7.48. The van der Waals surface area contributed by atoms with Gasteiger partial charge in [0.25, 0.3) is 5.56 Å². The summed E-state index contributed by atoms with van der Waals surface area (Å²) >= 11 is 5.64. The van der Waals surface area contributed by atoms with Gasteiger partial charge in [-0.25, -0.2) is 9.18 Å². The third-order valence-corrected chi connectivity index (χ3v) is 2.06. The molecule has 0 unspecified atom stereocenters. The normalized spacial score (nSPS) is 10.7. The first-order valence-corrected chi connectivity index (χ1v) is 4.07. The van der Waals surface area contributed by atoms with E-state index >= 15 is 0 Å². The standard InChI is InChI=1S/C8H4ClFN2O2/c9-5-2-3(10)1-4-6(5)11-8(14)12-7(4)13/h1-2H,(H2,11,12,13,14). The smallest absolute Gasteiger partial charge is 0.305 e. The second-order valence-corrected chi connectivity index (χ2v) is 3.13. The summed E-state index contributed by atoms with van der Waals surface area (Å²) in [6.07, 6.45) is 0. The highest BCUT2D eigenvalue weighted by Gasteiger charge is 2.06. The van der Waals surface area contributed by atoms with Crippen LogP contribution in [-0.2, 0) is 0 Å². The highest BCUT2D eigenvalue weighted by atomic mass is 35.5. The van der Waals surface area contributed by atoms with Gasteiger partial charge in [0.15, 0.2) is 0 Å². The van der Waals surface area contributed by atoms with Gasteiger partial charge in [0.2, 0.25) is 0 Å². The molecule has 0 bridgehead atoms. The maximum atomic E-state index is 12.8. The fourth-order valence-electron chi connectivity index (χ4n) is 1.19. The molecule has 1 aromatic heterocycles. The molecule has 0 amide bonds. The number of nitrogens with one attached hydrogen (secondary N) is 2. The lowest BCUT2D eigenvalue weighted by Gasteiger charge is -1.98. The number of benzene rings is 1. The summed E-state index contributed by atoms with van der Waals surface area (Å²) in [6, 6.07) is 2.04. The van der Waals surface area contributed by atoms with Crippen molar-refractivity contribution in [3.8, 4) is 0 Å². The lowest BCUT2D eigenvalue weighted by Crippen LogP contribution is -2.22. The van der Waals surface area contributed by atoms with E-state index in [1.165, 1.54) is 0 Å². The van der Waals surface area contributed by atoms with E-state index in [1.54, 1.807) is 0 Å². The van der Waals surface area contributed by atoms with Crippen LogP contribution in [0.4, 0.5) is 4.39 Å². The highest BCUT2D eigenvalue weighted by Crippen LogP contribution is 2.19. The van der Waals surface area contributed by atoms with Gasteiger partial charge in [0.1, 0.15) is 5.82 Å². The Morgan fingerprint density at radius 3 is 2.64 bits per heavy atom. The van der Waals surface area contributed by atoms with Crippen LogP contribution in [0.25, 0.3) is 10.9 Å². The molecule has 2 aromatic rings. The molecular formula is C8H4ClFN2O2. The molecule has 0 spiro atoms. The van der Waals surface area contributed by atoms with E-state index in [9.17, 15) is 14.0 Å². The first kappa shape index (κ1) is 8.96. The monoisotopic (exact) mass is 214 g/mol. The maximum absolute atomic E-state index is 12.8. The van der Waals surface area contributed by atoms with Crippen LogP contribution < -0.4 is 11.2 Å². The van der Waals surface area contributed by atoms with Crippen LogP contribution in [0.5, 0.6) is 0 Å². The second kappa shape index (κ2) is 2.95. The number of fused-ring (bicyclic) bond motifs is 1. The molecule has 0 saturated carbocycles. The third kappa shape index (κ3) is 1.31. The lowest BCUT2D eigenvalue weighted by atomic mass is 10.2. The van der Waals surface area contributed by atoms with Gasteiger partial charge >= 0.3 is 5.69 Å². The number of aromatic amines is 2. The highest BCUT2D eigenvalue weighted by molar-refractivity contribution is 6.34. The Balaban J connectivity index is 3.10. The average Bonchev–Trinajstić information content (AvgIpc) is 2.07. The molecule has 0 aliphatic rings. The van der Waals surface area contributed by atoms with E-state index in [2.05, 4.69) is 4.98 Å². The number of H-pyrrole nitrogens is 2. The van der Waals surface area contributed by atoms with E-state index in [4.69, 9.17) is 11.6 Å². The van der Waals surface area contributed by atoms with Gasteiger partial charge in [-0.3, -0.25) is 9.78 Å². The summed E-state index contributed by atoms with van der Waals surface area (Å²) in [5.41, 5.74) is -1.19. The van der Waals surface area contributed by atoms with Crippen LogP contribution in [0.2, 0.25) is 5.02 Å². The van der Waals surface area contributed by atoms with Gasteiger partial charge in [-0.1, -0.05) is 11.6 Å². The predicted molar refractivity (Wildman–Crippen MR) is 50.2 cm³/mol. The summed E-state index contributed by atoms with van der Waals surface area (Å²) in [6.45, 7) is 0. The molecule has 0 aliphatic heterocycles. The topological polar surface area (TPSA) is 65.7 Å². The molecule has 14 heavy (non-hydrogen) atoms. The van der Waals surface area contributed by atoms with Gasteiger partial charge in [-0.05, 0) is 12.1 Å². The number of rotatable bonds is 0. The molecule has 2 rings (SSSR count). The molecule has 1 heterocycles. The van der Waals surface area contributed by atoms with Crippen LogP contribution >= 0.6 is 11.6 Å². The largest absolute Gasteiger partial charge is 0.326 e. The first-order chi connectivity index (χ1) is 6.58. The van der Waals surface area contributed by atoms with Crippen molar-refractivity contribution in [2.24, 2.45) is 0 Å². The van der Waals surface area contributed by atoms with Crippen molar-refractivity contribution >= 4 is 22.5 Å². The molecule has 2 N–H and O–H groups in total. The Kier molecular flexibility index (Phi) is 1.89. The second-order valence-electron chi connectivity index (χ2n) is 2.72. The van der Waals surface area contributed by atoms with Crippen LogP contribution in [0.1, 0.15) is 0 Å². The minimum atomic E-state index is -0.670. The van der Waals surface area contributed by atoms with Gasteiger partial charge in [0, 0.05) is 0 Å². The van der Waals surface area contributed by atoms with Crippen LogP contribution in [-0.4, -0.2) is 9.97 Å². The summed E-state index contributed by atoms with van der Waals surface area (Å²) < 4.78 is 12.8. The van der Waals surface area contributed by atoms with E-state index in [1.807, 2.05) is 4.98 Å². The quantitative estimate of drug-likeness (QED) is 0.687. The Hall–Kier alpha value is -1.62. The van der Waals surface area contributed by atoms with E-state index in [0.717, 1.165) is 12.1 Å². The molecule has 0 fully saturated rings. The maximum Gasteiger partial charge on any atom is 0.326 e. The fourth-order valence-corrected chi connectivity index (χ4v) is 1.45. The Labute approximate surface area is 81.3 Å². The molecule has 4 nitrogen and oxygen atoms in total. The number of aromatic nitrogens is 2. The first-order valence-electron chi connectivity index (χ1n) is 3.69. The lowest BCUT2D eigenvalue weighted by molar-refractivity contribution is 0.629. The zero-order chi connectivity index (χ0) is 10.3. The predicted octanol–water partition coefficient (Wildman–Crippen LogP) is 1.01. The summed E-state index contributed by atoms with van der Waals surface area (Å²) in [7, 11) is 0. The van der Waals surface area contributed by atoms with Crippen molar-refractivity contribution in [2.75, 3.05) is 0 Å². The van der Waals surface area contributed by atoms with Crippen molar-refractivity contribution in [3.05, 3.63) is 43.8 Å². The SMILES string of the molecule is O=c1[nH]c(=O)c2cc(F)cc(Cl)c2[nH]1. The Bertz CT molecular complexity index is 617. The molecule has 0 radical (unpaired) electrons. The summed E-state index contributed by atoms with van der Waals surface area (Å²) in [5, 5.41) is 0.0257. The van der Waals surface area contributed by atoms with E-state index < -0.39 is 17.1 Å². The van der Waals surface area contributed by atoms with Gasteiger partial charge < -0.3 is 4.98 Å². The molecule has 0 atom stereocenters. The minimum absolute atomic E-state index is 0.00296. The molecular weight excluding hydrogens is 211 g/mol. The van der Waals surface area contributed by atoms with E-state index in [0.29, 0.717) is 0 Å². The van der Waals surface area contributed by atoms with E-state index in [-0.39, 0.29) is 15.9 Å². The van der Waals surface area contributed by atoms with Gasteiger partial charge in [-0.2, -0.15) is 0 Å². The van der Waals surface area contributed by atoms with Crippen LogP contribution in [0.3, 0.4) is 0 Å². The van der Waals surface area contributed by atoms with Crippen molar-refractivity contribution in [3.63, 3.8) is 0 Å². The molecule has 1 aromatic carbocycles. The Morgan fingerprint density at radius 2 is 1.93 bits per heavy atom. The van der Waals surface area contributed by atoms with Crippen LogP contribution in [0.15, 0.2) is 21.7 Å². The number of hydrogen-bond donors (Lipinski definition) is 2. The molecule has 0 aliphatic carbocycles. The van der Waals surface area contributed by atoms with Crippen molar-refractivity contribution < 1.29 is 4.39 Å². The summed E-state index contributed by atoms with van der Waals surface area (Å²) in [5.74, 6) is -0.625. The number of hydrogen-bond acceptors (Lipinski definition) is 2. The van der Waals surface area contributed by atoms with Gasteiger partial charge in [-0.15, -0.1) is 0 Å². The molecule has 0 saturated heterocycles. The van der Waals surface area contributed by atoms with Gasteiger partial charge in [0.05, 0.1) is 15.9 Å². The molecule has 6 heteroatoms. The van der Waals surface area contributed by atoms with Crippen molar-refractivity contribution in [1.29, 1.82) is 0 Å². The number of halogens is 2. The summed E-state index contributed by atoms with van der Waals surface area (Å²) in [4.78, 5) is 26.4. The zero-order valence-electron chi connectivity index (χ0n) is 6.73.